The first-order chi connectivity index (χ1) is 8.72. The lowest BCUT2D eigenvalue weighted by Gasteiger charge is -2.11. The predicted molar refractivity (Wildman–Crippen MR) is 63.9 cm³/mol. The third kappa shape index (κ3) is 2.73. The summed E-state index contributed by atoms with van der Waals surface area (Å²) in [5.74, 6) is 0.670. The van der Waals surface area contributed by atoms with Gasteiger partial charge in [0.15, 0.2) is 11.5 Å². The number of hydrogen-bond acceptors (Lipinski definition) is 4. The molecule has 0 saturated heterocycles. The molecule has 5 heteroatoms. The molecule has 18 heavy (non-hydrogen) atoms. The number of ether oxygens (including phenoxy) is 3. The molecular weight excluding hydrogens is 236 g/mol. The molecule has 0 amide bonds. The molecule has 0 fully saturated rings. The van der Waals surface area contributed by atoms with Crippen molar-refractivity contribution in [3.05, 3.63) is 23.3 Å². The SMILES string of the molecule is COCc1ccc2c(c1CCCC(=O)O)OCO2. The van der Waals surface area contributed by atoms with E-state index in [9.17, 15) is 4.79 Å². The van der Waals surface area contributed by atoms with Gasteiger partial charge in [-0.2, -0.15) is 0 Å². The molecule has 0 unspecified atom stereocenters. The van der Waals surface area contributed by atoms with Gasteiger partial charge in [-0.05, 0) is 24.5 Å². The van der Waals surface area contributed by atoms with Gasteiger partial charge >= 0.3 is 5.97 Å². The van der Waals surface area contributed by atoms with Gasteiger partial charge in [0.05, 0.1) is 6.61 Å². The van der Waals surface area contributed by atoms with Crippen molar-refractivity contribution in [2.75, 3.05) is 13.9 Å². The van der Waals surface area contributed by atoms with Crippen LogP contribution in [0.15, 0.2) is 12.1 Å². The molecule has 1 N–H and O–H groups in total. The van der Waals surface area contributed by atoms with Crippen LogP contribution < -0.4 is 9.47 Å². The Bertz CT molecular complexity index is 441. The minimum Gasteiger partial charge on any atom is -0.481 e. The van der Waals surface area contributed by atoms with Crippen molar-refractivity contribution >= 4 is 5.97 Å². The number of methoxy groups -OCH3 is 1. The lowest BCUT2D eigenvalue weighted by molar-refractivity contribution is -0.137. The van der Waals surface area contributed by atoms with Crippen LogP contribution in [0.1, 0.15) is 24.0 Å². The maximum atomic E-state index is 10.6. The molecule has 0 atom stereocenters. The summed E-state index contributed by atoms with van der Waals surface area (Å²) in [7, 11) is 1.63. The van der Waals surface area contributed by atoms with E-state index in [-0.39, 0.29) is 13.2 Å². The fourth-order valence-corrected chi connectivity index (χ4v) is 2.05. The van der Waals surface area contributed by atoms with Crippen molar-refractivity contribution < 1.29 is 24.1 Å². The summed E-state index contributed by atoms with van der Waals surface area (Å²) in [5.41, 5.74) is 2.01. The number of benzene rings is 1. The van der Waals surface area contributed by atoms with Gasteiger partial charge in [0.2, 0.25) is 6.79 Å². The molecular formula is C13H16O5. The maximum Gasteiger partial charge on any atom is 0.303 e. The lowest BCUT2D eigenvalue weighted by atomic mass is 10.0. The van der Waals surface area contributed by atoms with Crippen LogP contribution in [-0.4, -0.2) is 25.0 Å². The summed E-state index contributed by atoms with van der Waals surface area (Å²) < 4.78 is 15.9. The summed E-state index contributed by atoms with van der Waals surface area (Å²) in [4.78, 5) is 10.6. The van der Waals surface area contributed by atoms with E-state index in [2.05, 4.69) is 0 Å². The Morgan fingerprint density at radius 3 is 3.00 bits per heavy atom. The number of aliphatic carboxylic acids is 1. The summed E-state index contributed by atoms with van der Waals surface area (Å²) in [6, 6.07) is 3.80. The fourth-order valence-electron chi connectivity index (χ4n) is 2.05. The Balaban J connectivity index is 2.18. The number of carbonyl (C=O) groups is 1. The molecule has 0 bridgehead atoms. The smallest absolute Gasteiger partial charge is 0.303 e. The highest BCUT2D eigenvalue weighted by atomic mass is 16.7. The van der Waals surface area contributed by atoms with Crippen LogP contribution in [0.5, 0.6) is 11.5 Å². The first kappa shape index (κ1) is 12.7. The zero-order valence-electron chi connectivity index (χ0n) is 10.3. The molecule has 5 nitrogen and oxygen atoms in total. The third-order valence-electron chi connectivity index (χ3n) is 2.86. The second kappa shape index (κ2) is 5.73. The lowest BCUT2D eigenvalue weighted by Crippen LogP contribution is -2.01. The van der Waals surface area contributed by atoms with Crippen LogP contribution in [0.25, 0.3) is 0 Å². The summed E-state index contributed by atoms with van der Waals surface area (Å²) in [6.07, 6.45) is 1.38. The normalized spacial score (nSPS) is 12.7. The van der Waals surface area contributed by atoms with Crippen LogP contribution in [0.2, 0.25) is 0 Å². The van der Waals surface area contributed by atoms with Crippen molar-refractivity contribution in [2.45, 2.75) is 25.9 Å². The number of fused-ring (bicyclic) bond motifs is 1. The number of hydrogen-bond donors (Lipinski definition) is 1. The summed E-state index contributed by atoms with van der Waals surface area (Å²) in [5, 5.41) is 8.68. The van der Waals surface area contributed by atoms with Crippen molar-refractivity contribution in [1.82, 2.24) is 0 Å². The van der Waals surface area contributed by atoms with Crippen LogP contribution in [0, 0.1) is 0 Å². The first-order valence-corrected chi connectivity index (χ1v) is 5.83. The Kier molecular flexibility index (Phi) is 4.04. The molecule has 0 spiro atoms. The van der Waals surface area contributed by atoms with Crippen molar-refractivity contribution in [2.24, 2.45) is 0 Å². The zero-order chi connectivity index (χ0) is 13.0. The van der Waals surface area contributed by atoms with Crippen LogP contribution in [-0.2, 0) is 22.6 Å². The van der Waals surface area contributed by atoms with Gasteiger partial charge in [-0.1, -0.05) is 6.07 Å². The second-order valence-electron chi connectivity index (χ2n) is 4.12. The fraction of sp³-hybridized carbons (Fsp3) is 0.462. The van der Waals surface area contributed by atoms with E-state index in [1.54, 1.807) is 7.11 Å². The average molecular weight is 252 g/mol. The van der Waals surface area contributed by atoms with E-state index >= 15 is 0 Å². The molecule has 0 saturated carbocycles. The largest absolute Gasteiger partial charge is 0.481 e. The number of carboxylic acid groups (broad SMARTS) is 1. The van der Waals surface area contributed by atoms with E-state index in [0.717, 1.165) is 22.6 Å². The molecule has 0 aromatic heterocycles. The third-order valence-corrected chi connectivity index (χ3v) is 2.86. The van der Waals surface area contributed by atoms with E-state index in [1.807, 2.05) is 12.1 Å². The van der Waals surface area contributed by atoms with Crippen molar-refractivity contribution in [1.29, 1.82) is 0 Å². The minimum absolute atomic E-state index is 0.150. The summed E-state index contributed by atoms with van der Waals surface area (Å²) in [6.45, 7) is 0.705. The average Bonchev–Trinajstić information content (AvgIpc) is 2.79. The van der Waals surface area contributed by atoms with Gasteiger partial charge in [-0.15, -0.1) is 0 Å². The Morgan fingerprint density at radius 1 is 1.44 bits per heavy atom. The van der Waals surface area contributed by atoms with Gasteiger partial charge in [0.25, 0.3) is 0 Å². The topological polar surface area (TPSA) is 65.0 Å². The molecule has 1 aliphatic heterocycles. The molecule has 1 aromatic carbocycles. The van der Waals surface area contributed by atoms with Crippen molar-refractivity contribution in [3.63, 3.8) is 0 Å². The number of carboxylic acids is 1. The van der Waals surface area contributed by atoms with Gasteiger partial charge in [-0.25, -0.2) is 0 Å². The van der Waals surface area contributed by atoms with Gasteiger partial charge < -0.3 is 19.3 Å². The van der Waals surface area contributed by atoms with Crippen LogP contribution >= 0.6 is 0 Å². The van der Waals surface area contributed by atoms with Gasteiger partial charge in [0, 0.05) is 19.1 Å². The molecule has 1 aromatic rings. The molecule has 0 aliphatic carbocycles. The highest BCUT2D eigenvalue weighted by Gasteiger charge is 2.20. The van der Waals surface area contributed by atoms with Crippen LogP contribution in [0.4, 0.5) is 0 Å². The first-order valence-electron chi connectivity index (χ1n) is 5.83. The minimum atomic E-state index is -0.784. The highest BCUT2D eigenvalue weighted by molar-refractivity contribution is 5.66. The van der Waals surface area contributed by atoms with E-state index < -0.39 is 5.97 Å². The molecule has 1 heterocycles. The highest BCUT2D eigenvalue weighted by Crippen LogP contribution is 2.38. The Labute approximate surface area is 105 Å². The van der Waals surface area contributed by atoms with E-state index in [4.69, 9.17) is 19.3 Å². The van der Waals surface area contributed by atoms with Gasteiger partial charge in [0.1, 0.15) is 0 Å². The monoisotopic (exact) mass is 252 g/mol. The van der Waals surface area contributed by atoms with Gasteiger partial charge in [-0.3, -0.25) is 4.79 Å². The Morgan fingerprint density at radius 2 is 2.28 bits per heavy atom. The molecule has 1 aliphatic rings. The quantitative estimate of drug-likeness (QED) is 0.838. The molecule has 98 valence electrons. The van der Waals surface area contributed by atoms with Crippen LogP contribution in [0.3, 0.4) is 0 Å². The predicted octanol–water partition coefficient (Wildman–Crippen LogP) is 1.97. The molecule has 2 rings (SSSR count). The van der Waals surface area contributed by atoms with Crippen molar-refractivity contribution in [3.8, 4) is 11.5 Å². The standard InChI is InChI=1S/C13H16O5/c1-16-7-9-5-6-11-13(18-8-17-11)10(9)3-2-4-12(14)15/h5-6H,2-4,7-8H2,1H3,(H,14,15). The maximum absolute atomic E-state index is 10.6. The molecule has 0 radical (unpaired) electrons. The summed E-state index contributed by atoms with van der Waals surface area (Å²) >= 11 is 0. The number of rotatable bonds is 6. The second-order valence-corrected chi connectivity index (χ2v) is 4.12. The Hall–Kier alpha value is -1.75. The van der Waals surface area contributed by atoms with E-state index in [0.29, 0.717) is 19.4 Å². The zero-order valence-corrected chi connectivity index (χ0v) is 10.3. The van der Waals surface area contributed by atoms with E-state index in [1.165, 1.54) is 0 Å².